The first-order chi connectivity index (χ1) is 8.56. The summed E-state index contributed by atoms with van der Waals surface area (Å²) >= 11 is 2.00. The first kappa shape index (κ1) is 13.3. The van der Waals surface area contributed by atoms with Gasteiger partial charge in [0.25, 0.3) is 5.91 Å². The molecule has 0 unspecified atom stereocenters. The summed E-state index contributed by atoms with van der Waals surface area (Å²) in [4.78, 5) is 23.0. The van der Waals surface area contributed by atoms with Crippen molar-refractivity contribution >= 4 is 34.3 Å². The van der Waals surface area contributed by atoms with Crippen molar-refractivity contribution in [2.45, 2.75) is 31.7 Å². The number of hydrogen-bond donors (Lipinski definition) is 2. The zero-order valence-corrected chi connectivity index (χ0v) is 11.9. The minimum atomic E-state index is -0.193. The average Bonchev–Trinajstić information content (AvgIpc) is 2.35. The highest BCUT2D eigenvalue weighted by Gasteiger charge is 2.20. The third kappa shape index (κ3) is 3.22. The number of phenols is 1. The predicted octanol–water partition coefficient (Wildman–Crippen LogP) is 2.24. The van der Waals surface area contributed by atoms with Crippen LogP contribution >= 0.6 is 22.6 Å². The number of Topliss-reactive ketones (excluding diaryl/α,β-unsaturated/α-hetero) is 1. The summed E-state index contributed by atoms with van der Waals surface area (Å²) in [7, 11) is 0. The molecule has 18 heavy (non-hydrogen) atoms. The number of hydrogen-bond acceptors (Lipinski definition) is 3. The summed E-state index contributed by atoms with van der Waals surface area (Å²) in [5, 5.41) is 12.5. The highest BCUT2D eigenvalue weighted by molar-refractivity contribution is 14.1. The molecule has 2 rings (SSSR count). The van der Waals surface area contributed by atoms with E-state index in [0.717, 1.165) is 0 Å². The molecule has 0 bridgehead atoms. The molecule has 96 valence electrons. The molecule has 0 heterocycles. The van der Waals surface area contributed by atoms with Crippen LogP contribution in [0.4, 0.5) is 0 Å². The summed E-state index contributed by atoms with van der Waals surface area (Å²) in [6, 6.07) is 4.92. The van der Waals surface area contributed by atoms with Crippen molar-refractivity contribution in [1.82, 2.24) is 5.32 Å². The molecule has 0 spiro atoms. The number of ketones is 1. The normalized spacial score (nSPS) is 16.6. The predicted molar refractivity (Wildman–Crippen MR) is 75.6 cm³/mol. The van der Waals surface area contributed by atoms with E-state index < -0.39 is 0 Å². The molecule has 0 saturated heterocycles. The van der Waals surface area contributed by atoms with Crippen LogP contribution in [0, 0.1) is 3.57 Å². The summed E-state index contributed by atoms with van der Waals surface area (Å²) in [5.74, 6) is 0.190. The van der Waals surface area contributed by atoms with E-state index in [1.54, 1.807) is 12.1 Å². The third-order valence-electron chi connectivity index (χ3n) is 3.09. The Labute approximate surface area is 119 Å². The van der Waals surface area contributed by atoms with E-state index in [2.05, 4.69) is 5.32 Å². The molecule has 1 amide bonds. The Balaban J connectivity index is 1.99. The van der Waals surface area contributed by atoms with E-state index in [4.69, 9.17) is 0 Å². The number of carbonyl (C=O) groups is 2. The Morgan fingerprint density at radius 2 is 2.00 bits per heavy atom. The summed E-state index contributed by atoms with van der Waals surface area (Å²) in [6.45, 7) is 0. The van der Waals surface area contributed by atoms with Gasteiger partial charge in [0.05, 0.1) is 3.57 Å². The monoisotopic (exact) mass is 359 g/mol. The Kier molecular flexibility index (Phi) is 4.21. The van der Waals surface area contributed by atoms with Crippen LogP contribution in [0.1, 0.15) is 36.0 Å². The van der Waals surface area contributed by atoms with Gasteiger partial charge in [-0.1, -0.05) is 0 Å². The van der Waals surface area contributed by atoms with E-state index in [9.17, 15) is 14.7 Å². The van der Waals surface area contributed by atoms with Crippen LogP contribution in [0.25, 0.3) is 0 Å². The van der Waals surface area contributed by atoms with Crippen LogP contribution in [-0.4, -0.2) is 22.8 Å². The lowest BCUT2D eigenvalue weighted by Crippen LogP contribution is -2.37. The lowest BCUT2D eigenvalue weighted by molar-refractivity contribution is -0.120. The molecule has 0 radical (unpaired) electrons. The molecule has 5 heteroatoms. The molecule has 1 aromatic rings. The maximum Gasteiger partial charge on any atom is 0.251 e. The zero-order valence-electron chi connectivity index (χ0n) is 9.78. The SMILES string of the molecule is O=C1CCC(NC(=O)c2ccc(I)c(O)c2)CC1. The molecule has 0 aliphatic heterocycles. The molecule has 4 nitrogen and oxygen atoms in total. The first-order valence-electron chi connectivity index (χ1n) is 5.87. The second-order valence-electron chi connectivity index (χ2n) is 4.45. The number of halogens is 1. The largest absolute Gasteiger partial charge is 0.507 e. The van der Waals surface area contributed by atoms with Crippen molar-refractivity contribution in [3.63, 3.8) is 0 Å². The molecule has 1 aromatic carbocycles. The van der Waals surface area contributed by atoms with Crippen LogP contribution < -0.4 is 5.32 Å². The van der Waals surface area contributed by atoms with Gasteiger partial charge in [-0.2, -0.15) is 0 Å². The molecule has 2 N–H and O–H groups in total. The zero-order chi connectivity index (χ0) is 13.1. The van der Waals surface area contributed by atoms with Gasteiger partial charge in [0.15, 0.2) is 0 Å². The molecule has 1 fully saturated rings. The lowest BCUT2D eigenvalue weighted by Gasteiger charge is -2.22. The highest BCUT2D eigenvalue weighted by Crippen LogP contribution is 2.21. The Morgan fingerprint density at radius 3 is 2.61 bits per heavy atom. The molecule has 1 saturated carbocycles. The van der Waals surface area contributed by atoms with Gasteiger partial charge in [-0.3, -0.25) is 9.59 Å². The van der Waals surface area contributed by atoms with Crippen molar-refractivity contribution in [2.75, 3.05) is 0 Å². The minimum absolute atomic E-state index is 0.0663. The molecule has 1 aliphatic carbocycles. The van der Waals surface area contributed by atoms with Gasteiger partial charge in [0, 0.05) is 24.4 Å². The smallest absolute Gasteiger partial charge is 0.251 e. The van der Waals surface area contributed by atoms with Crippen LogP contribution in [-0.2, 0) is 4.79 Å². The number of benzene rings is 1. The summed E-state index contributed by atoms with van der Waals surface area (Å²) in [5.41, 5.74) is 0.449. The fourth-order valence-electron chi connectivity index (χ4n) is 2.01. The van der Waals surface area contributed by atoms with Gasteiger partial charge in [-0.25, -0.2) is 0 Å². The highest BCUT2D eigenvalue weighted by atomic mass is 127. The topological polar surface area (TPSA) is 66.4 Å². The summed E-state index contributed by atoms with van der Waals surface area (Å²) < 4.78 is 0.715. The Hall–Kier alpha value is -1.11. The number of rotatable bonds is 2. The van der Waals surface area contributed by atoms with Crippen molar-refractivity contribution < 1.29 is 14.7 Å². The van der Waals surface area contributed by atoms with E-state index in [0.29, 0.717) is 34.8 Å². The maximum absolute atomic E-state index is 11.9. The van der Waals surface area contributed by atoms with Gasteiger partial charge >= 0.3 is 0 Å². The fourth-order valence-corrected chi connectivity index (χ4v) is 2.34. The Morgan fingerprint density at radius 1 is 1.33 bits per heavy atom. The quantitative estimate of drug-likeness (QED) is 0.796. The molecule has 1 aliphatic rings. The van der Waals surface area contributed by atoms with Crippen LogP contribution in [0.5, 0.6) is 5.75 Å². The van der Waals surface area contributed by atoms with E-state index in [1.807, 2.05) is 22.6 Å². The molecular formula is C13H14INO3. The van der Waals surface area contributed by atoms with Gasteiger partial charge in [-0.15, -0.1) is 0 Å². The number of carbonyl (C=O) groups excluding carboxylic acids is 2. The maximum atomic E-state index is 11.9. The lowest BCUT2D eigenvalue weighted by atomic mass is 9.94. The Bertz CT molecular complexity index is 477. The molecule has 0 atom stereocenters. The van der Waals surface area contributed by atoms with E-state index in [1.165, 1.54) is 6.07 Å². The standard InChI is InChI=1S/C13H14INO3/c14-11-6-1-8(7-12(11)17)13(18)15-9-2-4-10(16)5-3-9/h1,6-7,9,17H,2-5H2,(H,15,18). The van der Waals surface area contributed by atoms with E-state index in [-0.39, 0.29) is 23.5 Å². The number of nitrogens with one attached hydrogen (secondary N) is 1. The number of aromatic hydroxyl groups is 1. The van der Waals surface area contributed by atoms with Gasteiger partial charge in [0.2, 0.25) is 0 Å². The van der Waals surface area contributed by atoms with Gasteiger partial charge in [-0.05, 0) is 53.6 Å². The molecular weight excluding hydrogens is 345 g/mol. The first-order valence-corrected chi connectivity index (χ1v) is 6.95. The second kappa shape index (κ2) is 5.69. The van der Waals surface area contributed by atoms with Crippen molar-refractivity contribution in [1.29, 1.82) is 0 Å². The van der Waals surface area contributed by atoms with Crippen molar-refractivity contribution in [3.05, 3.63) is 27.3 Å². The number of amides is 1. The summed E-state index contributed by atoms with van der Waals surface area (Å²) in [6.07, 6.45) is 2.51. The minimum Gasteiger partial charge on any atom is -0.507 e. The van der Waals surface area contributed by atoms with Gasteiger partial charge in [0.1, 0.15) is 11.5 Å². The van der Waals surface area contributed by atoms with E-state index >= 15 is 0 Å². The van der Waals surface area contributed by atoms with Crippen molar-refractivity contribution in [3.8, 4) is 5.75 Å². The molecule has 0 aromatic heterocycles. The van der Waals surface area contributed by atoms with Crippen LogP contribution in [0.2, 0.25) is 0 Å². The average molecular weight is 359 g/mol. The van der Waals surface area contributed by atoms with Crippen molar-refractivity contribution in [2.24, 2.45) is 0 Å². The van der Waals surface area contributed by atoms with Crippen LogP contribution in [0.3, 0.4) is 0 Å². The third-order valence-corrected chi connectivity index (χ3v) is 4.00. The van der Waals surface area contributed by atoms with Gasteiger partial charge < -0.3 is 10.4 Å². The number of phenolic OH excluding ortho intramolecular Hbond substituents is 1. The fraction of sp³-hybridized carbons (Fsp3) is 0.385. The van der Waals surface area contributed by atoms with Crippen LogP contribution in [0.15, 0.2) is 18.2 Å². The second-order valence-corrected chi connectivity index (χ2v) is 5.61.